The maximum Gasteiger partial charge on any atom is 0.338 e. The number of carbonyl (C=O) groups excluding carboxylic acids is 2. The molecular weight excluding hydrogens is 328 g/mol. The van der Waals surface area contributed by atoms with Crippen molar-refractivity contribution in [3.8, 4) is 5.75 Å². The van der Waals surface area contributed by atoms with Gasteiger partial charge >= 0.3 is 11.7 Å². The molecule has 1 aromatic carbocycles. The fourth-order valence-corrected chi connectivity index (χ4v) is 2.87. The Labute approximate surface area is 145 Å². The molecule has 0 spiro atoms. The summed E-state index contributed by atoms with van der Waals surface area (Å²) in [4.78, 5) is 34.3. The van der Waals surface area contributed by atoms with Gasteiger partial charge in [0.15, 0.2) is 12.4 Å². The zero-order valence-corrected chi connectivity index (χ0v) is 14.2. The van der Waals surface area contributed by atoms with E-state index in [0.29, 0.717) is 0 Å². The molecule has 0 aliphatic heterocycles. The average molecular weight is 350 g/mol. The highest BCUT2D eigenvalue weighted by atomic mass is 16.6. The summed E-state index contributed by atoms with van der Waals surface area (Å²) in [6.07, 6.45) is 6.39. The number of rotatable bonds is 6. The molecule has 2 rings (SSSR count). The van der Waals surface area contributed by atoms with Gasteiger partial charge in [0.25, 0.3) is 5.91 Å². The second-order valence-electron chi connectivity index (χ2n) is 5.98. The lowest BCUT2D eigenvalue weighted by Gasteiger charge is -2.16. The van der Waals surface area contributed by atoms with Crippen molar-refractivity contribution < 1.29 is 24.0 Å². The van der Waals surface area contributed by atoms with E-state index in [9.17, 15) is 19.7 Å². The number of nitro groups is 1. The molecule has 8 heteroatoms. The van der Waals surface area contributed by atoms with E-state index in [2.05, 4.69) is 5.32 Å². The quantitative estimate of drug-likeness (QED) is 0.366. The van der Waals surface area contributed by atoms with Crippen molar-refractivity contribution in [2.24, 2.45) is 0 Å². The van der Waals surface area contributed by atoms with E-state index in [4.69, 9.17) is 9.47 Å². The molecule has 0 atom stereocenters. The molecule has 1 saturated carbocycles. The van der Waals surface area contributed by atoms with Crippen molar-refractivity contribution in [2.45, 2.75) is 44.6 Å². The van der Waals surface area contributed by atoms with Crippen LogP contribution in [0.3, 0.4) is 0 Å². The standard InChI is InChI=1S/C17H22N2O6/c1-24-15-9-8-12(10-14(15)19(22)23)17(21)25-11-16(20)18-13-6-4-2-3-5-7-13/h8-10,13H,2-7,11H2,1H3,(H,18,20). The van der Waals surface area contributed by atoms with E-state index >= 15 is 0 Å². The molecule has 1 N–H and O–H groups in total. The van der Waals surface area contributed by atoms with Gasteiger partial charge in [0.2, 0.25) is 0 Å². The number of hydrogen-bond acceptors (Lipinski definition) is 6. The normalized spacial score (nSPS) is 15.1. The van der Waals surface area contributed by atoms with E-state index in [-0.39, 0.29) is 28.9 Å². The highest BCUT2D eigenvalue weighted by molar-refractivity contribution is 5.92. The Bertz CT molecular complexity index is 638. The molecule has 136 valence electrons. The Balaban J connectivity index is 1.90. The van der Waals surface area contributed by atoms with E-state index in [0.717, 1.165) is 31.7 Å². The number of benzene rings is 1. The molecule has 0 saturated heterocycles. The summed E-state index contributed by atoms with van der Waals surface area (Å²) >= 11 is 0. The molecule has 0 bridgehead atoms. The predicted molar refractivity (Wildman–Crippen MR) is 89.6 cm³/mol. The summed E-state index contributed by atoms with van der Waals surface area (Å²) < 4.78 is 9.83. The summed E-state index contributed by atoms with van der Waals surface area (Å²) in [6, 6.07) is 3.87. The van der Waals surface area contributed by atoms with Crippen molar-refractivity contribution in [3.05, 3.63) is 33.9 Å². The minimum absolute atomic E-state index is 0.00485. The lowest BCUT2D eigenvalue weighted by molar-refractivity contribution is -0.385. The van der Waals surface area contributed by atoms with Gasteiger partial charge in [0, 0.05) is 12.1 Å². The second kappa shape index (κ2) is 9.00. The molecule has 0 heterocycles. The first-order chi connectivity index (χ1) is 12.0. The predicted octanol–water partition coefficient (Wildman–Crippen LogP) is 2.60. The van der Waals surface area contributed by atoms with Gasteiger partial charge < -0.3 is 14.8 Å². The van der Waals surface area contributed by atoms with E-state index in [1.54, 1.807) is 0 Å². The van der Waals surface area contributed by atoms with Crippen LogP contribution in [0, 0.1) is 10.1 Å². The number of esters is 1. The van der Waals surface area contributed by atoms with Crippen LogP contribution >= 0.6 is 0 Å². The molecule has 1 aromatic rings. The van der Waals surface area contributed by atoms with Crippen LogP contribution in [-0.2, 0) is 9.53 Å². The van der Waals surface area contributed by atoms with Gasteiger partial charge in [-0.25, -0.2) is 4.79 Å². The van der Waals surface area contributed by atoms with Crippen LogP contribution in [-0.4, -0.2) is 36.6 Å². The molecule has 25 heavy (non-hydrogen) atoms. The smallest absolute Gasteiger partial charge is 0.338 e. The third-order valence-electron chi connectivity index (χ3n) is 4.17. The minimum atomic E-state index is -0.790. The van der Waals surface area contributed by atoms with E-state index in [1.165, 1.54) is 32.1 Å². The van der Waals surface area contributed by atoms with Crippen LogP contribution < -0.4 is 10.1 Å². The van der Waals surface area contributed by atoms with Crippen molar-refractivity contribution in [1.29, 1.82) is 0 Å². The van der Waals surface area contributed by atoms with E-state index < -0.39 is 17.5 Å². The SMILES string of the molecule is COc1ccc(C(=O)OCC(=O)NC2CCCCCC2)cc1[N+](=O)[O-]. The number of amides is 1. The third-order valence-corrected chi connectivity index (χ3v) is 4.17. The Morgan fingerprint density at radius 1 is 1.24 bits per heavy atom. The van der Waals surface area contributed by atoms with Gasteiger partial charge in [-0.2, -0.15) is 0 Å². The molecule has 0 unspecified atom stereocenters. The van der Waals surface area contributed by atoms with Gasteiger partial charge in [-0.15, -0.1) is 0 Å². The molecule has 1 amide bonds. The summed E-state index contributed by atoms with van der Waals surface area (Å²) in [6.45, 7) is -0.408. The molecule has 0 radical (unpaired) electrons. The monoisotopic (exact) mass is 350 g/mol. The fourth-order valence-electron chi connectivity index (χ4n) is 2.87. The number of methoxy groups -OCH3 is 1. The van der Waals surface area contributed by atoms with Crippen molar-refractivity contribution in [2.75, 3.05) is 13.7 Å². The van der Waals surface area contributed by atoms with Crippen LogP contribution in [0.1, 0.15) is 48.9 Å². The molecule has 1 aliphatic rings. The fraction of sp³-hybridized carbons (Fsp3) is 0.529. The second-order valence-corrected chi connectivity index (χ2v) is 5.98. The van der Waals surface area contributed by atoms with Gasteiger partial charge in [0.1, 0.15) is 0 Å². The van der Waals surface area contributed by atoms with Gasteiger partial charge in [-0.3, -0.25) is 14.9 Å². The van der Waals surface area contributed by atoms with Crippen LogP contribution in [0.2, 0.25) is 0 Å². The highest BCUT2D eigenvalue weighted by Crippen LogP contribution is 2.27. The van der Waals surface area contributed by atoms with Crippen molar-refractivity contribution >= 4 is 17.6 Å². The molecule has 1 fully saturated rings. The van der Waals surface area contributed by atoms with Crippen molar-refractivity contribution in [1.82, 2.24) is 5.32 Å². The summed E-state index contributed by atoms with van der Waals surface area (Å²) in [5, 5.41) is 13.8. The minimum Gasteiger partial charge on any atom is -0.490 e. The van der Waals surface area contributed by atoms with Gasteiger partial charge in [-0.1, -0.05) is 25.7 Å². The zero-order chi connectivity index (χ0) is 18.2. The Kier molecular flexibility index (Phi) is 6.73. The number of hydrogen-bond donors (Lipinski definition) is 1. The van der Waals surface area contributed by atoms with Crippen LogP contribution in [0.15, 0.2) is 18.2 Å². The van der Waals surface area contributed by atoms with Gasteiger partial charge in [-0.05, 0) is 25.0 Å². The average Bonchev–Trinajstić information content (AvgIpc) is 2.87. The van der Waals surface area contributed by atoms with Gasteiger partial charge in [0.05, 0.1) is 17.6 Å². The third kappa shape index (κ3) is 5.44. The number of nitrogens with zero attached hydrogens (tertiary/aromatic N) is 1. The zero-order valence-electron chi connectivity index (χ0n) is 14.2. The summed E-state index contributed by atoms with van der Waals surface area (Å²) in [5.74, 6) is -1.10. The maximum atomic E-state index is 12.0. The molecular formula is C17H22N2O6. The Morgan fingerprint density at radius 2 is 1.92 bits per heavy atom. The number of ether oxygens (including phenoxy) is 2. The Hall–Kier alpha value is -2.64. The number of nitrogens with one attached hydrogen (secondary N) is 1. The number of carbonyl (C=O) groups is 2. The first kappa shape index (κ1) is 18.7. The first-order valence-corrected chi connectivity index (χ1v) is 8.30. The first-order valence-electron chi connectivity index (χ1n) is 8.30. The molecule has 8 nitrogen and oxygen atoms in total. The van der Waals surface area contributed by atoms with E-state index in [1.807, 2.05) is 0 Å². The molecule has 1 aliphatic carbocycles. The number of nitro benzene ring substituents is 1. The highest BCUT2D eigenvalue weighted by Gasteiger charge is 2.20. The lowest BCUT2D eigenvalue weighted by atomic mass is 10.1. The lowest BCUT2D eigenvalue weighted by Crippen LogP contribution is -2.37. The summed E-state index contributed by atoms with van der Waals surface area (Å²) in [7, 11) is 1.30. The topological polar surface area (TPSA) is 108 Å². The van der Waals surface area contributed by atoms with Crippen molar-refractivity contribution in [3.63, 3.8) is 0 Å². The van der Waals surface area contributed by atoms with Crippen LogP contribution in [0.4, 0.5) is 5.69 Å². The van der Waals surface area contributed by atoms with Crippen LogP contribution in [0.25, 0.3) is 0 Å². The largest absolute Gasteiger partial charge is 0.490 e. The molecule has 0 aromatic heterocycles. The van der Waals surface area contributed by atoms with Crippen LogP contribution in [0.5, 0.6) is 5.75 Å². The Morgan fingerprint density at radius 3 is 2.52 bits per heavy atom. The summed E-state index contributed by atoms with van der Waals surface area (Å²) in [5.41, 5.74) is -0.338. The maximum absolute atomic E-state index is 12.0.